The quantitative estimate of drug-likeness (QED) is 0.165. The number of benzene rings is 4. The zero-order chi connectivity index (χ0) is 33.9. The first kappa shape index (κ1) is 29.3. The van der Waals surface area contributed by atoms with Crippen LogP contribution in [-0.4, -0.2) is 26.1 Å². The second-order valence-electron chi connectivity index (χ2n) is 12.6. The van der Waals surface area contributed by atoms with E-state index in [9.17, 15) is 22.0 Å². The van der Waals surface area contributed by atoms with Crippen molar-refractivity contribution >= 4 is 44.0 Å². The van der Waals surface area contributed by atoms with Crippen molar-refractivity contribution in [1.29, 1.82) is 0 Å². The number of nitrogens with zero attached hydrogens (tertiary/aromatic N) is 4. The summed E-state index contributed by atoms with van der Waals surface area (Å²) in [5.41, 5.74) is 9.70. The smallest absolute Gasteiger partial charge is 0.244 e. The molecule has 6 aromatic rings. The lowest BCUT2D eigenvalue weighted by Gasteiger charge is -2.13. The van der Waals surface area contributed by atoms with E-state index in [0.717, 1.165) is 56.6 Å². The second-order valence-corrected chi connectivity index (χ2v) is 12.6. The fraction of sp³-hybridized carbons (Fsp3) is 0.100. The summed E-state index contributed by atoms with van der Waals surface area (Å²) in [6.45, 7) is 7.33. The maximum absolute atomic E-state index is 14.7. The molecule has 0 radical (unpaired) electrons. The minimum Gasteiger partial charge on any atom is -0.244 e. The van der Waals surface area contributed by atoms with Gasteiger partial charge in [-0.3, -0.25) is 0 Å². The molecule has 0 saturated carbocycles. The van der Waals surface area contributed by atoms with Crippen molar-refractivity contribution in [1.82, 2.24) is 19.9 Å². The molecule has 0 N–H and O–H groups in total. The van der Waals surface area contributed by atoms with Crippen LogP contribution < -0.4 is 0 Å². The number of aryl methyl sites for hydroxylation is 2. The standard InChI is InChI=1S/C40H23F5N4/c1-18-13-31-33(47-36-21-7-10-28(40(43,44)45)20(3)29(41)11-8-22(15-21)37(36)46-31)16-26(18)27-17-34-32(14-19(27)2)48-39-25-9-12-30(42)23-5-4-6-24(35(23)25)38(39)49-34/h4-14,16-17H,3,15H2,1-2H3/b21-7+,22-8+,28-10?,29-11+. The summed E-state index contributed by atoms with van der Waals surface area (Å²) in [5.74, 6) is -1.35. The number of allylic oxidation sites excluding steroid dienone is 9. The first-order chi connectivity index (χ1) is 23.5. The first-order valence-electron chi connectivity index (χ1n) is 15.6. The molecule has 0 unspecified atom stereocenters. The summed E-state index contributed by atoms with van der Waals surface area (Å²) in [6, 6.07) is 16.6. The van der Waals surface area contributed by atoms with Gasteiger partial charge < -0.3 is 0 Å². The number of fused-ring (bicyclic) bond motifs is 10. The number of hydrogen-bond acceptors (Lipinski definition) is 4. The van der Waals surface area contributed by atoms with E-state index >= 15 is 0 Å². The highest BCUT2D eigenvalue weighted by molar-refractivity contribution is 6.14. The molecular formula is C40H23F5N4. The van der Waals surface area contributed by atoms with Gasteiger partial charge in [0.2, 0.25) is 0 Å². The number of rotatable bonds is 1. The van der Waals surface area contributed by atoms with E-state index < -0.39 is 23.1 Å². The van der Waals surface area contributed by atoms with E-state index in [1.807, 2.05) is 50.2 Å². The maximum atomic E-state index is 14.7. The molecule has 2 aromatic heterocycles. The van der Waals surface area contributed by atoms with E-state index in [-0.39, 0.29) is 12.2 Å². The van der Waals surface area contributed by atoms with Crippen LogP contribution in [0.15, 0.2) is 102 Å². The predicted octanol–water partition coefficient (Wildman–Crippen LogP) is 10.9. The van der Waals surface area contributed by atoms with Crippen LogP contribution in [0.2, 0.25) is 0 Å². The van der Waals surface area contributed by atoms with Crippen molar-refractivity contribution in [3.8, 4) is 33.6 Å². The molecule has 0 amide bonds. The second kappa shape index (κ2) is 10.1. The van der Waals surface area contributed by atoms with Crippen molar-refractivity contribution in [2.45, 2.75) is 26.4 Å². The van der Waals surface area contributed by atoms with Crippen molar-refractivity contribution in [3.05, 3.63) is 131 Å². The first-order valence-corrected chi connectivity index (χ1v) is 15.6. The van der Waals surface area contributed by atoms with Gasteiger partial charge in [-0.1, -0.05) is 36.9 Å². The molecule has 238 valence electrons. The van der Waals surface area contributed by atoms with E-state index in [0.29, 0.717) is 55.7 Å². The Morgan fingerprint density at radius 3 is 1.73 bits per heavy atom. The van der Waals surface area contributed by atoms with Crippen LogP contribution in [0.5, 0.6) is 0 Å². The number of aromatic nitrogens is 4. The average Bonchev–Trinajstić information content (AvgIpc) is 3.56. The van der Waals surface area contributed by atoms with Gasteiger partial charge in [0.15, 0.2) is 0 Å². The Kier molecular flexibility index (Phi) is 6.04. The highest BCUT2D eigenvalue weighted by atomic mass is 19.4. The number of alkyl halides is 3. The molecule has 3 aliphatic rings. The predicted molar refractivity (Wildman–Crippen MR) is 182 cm³/mol. The molecular weight excluding hydrogens is 631 g/mol. The zero-order valence-electron chi connectivity index (χ0n) is 26.1. The molecule has 0 atom stereocenters. The molecule has 3 aliphatic carbocycles. The molecule has 4 aromatic carbocycles. The molecule has 2 bridgehead atoms. The lowest BCUT2D eigenvalue weighted by atomic mass is 9.95. The molecule has 0 spiro atoms. The lowest BCUT2D eigenvalue weighted by Crippen LogP contribution is -2.14. The third kappa shape index (κ3) is 4.34. The van der Waals surface area contributed by atoms with Crippen LogP contribution in [0.3, 0.4) is 0 Å². The summed E-state index contributed by atoms with van der Waals surface area (Å²) in [4.78, 5) is 19.8. The fourth-order valence-corrected chi connectivity index (χ4v) is 7.19. The van der Waals surface area contributed by atoms with Crippen LogP contribution >= 0.6 is 0 Å². The van der Waals surface area contributed by atoms with Crippen LogP contribution in [-0.2, 0) is 0 Å². The minimum absolute atomic E-state index is 0.256. The van der Waals surface area contributed by atoms with Gasteiger partial charge in [0, 0.05) is 33.9 Å². The molecule has 49 heavy (non-hydrogen) atoms. The topological polar surface area (TPSA) is 51.6 Å². The molecule has 0 aliphatic heterocycles. The van der Waals surface area contributed by atoms with E-state index in [2.05, 4.69) is 6.58 Å². The third-order valence-electron chi connectivity index (χ3n) is 9.60. The van der Waals surface area contributed by atoms with Gasteiger partial charge in [-0.2, -0.15) is 13.2 Å². The van der Waals surface area contributed by atoms with Gasteiger partial charge in [-0.05, 0) is 95.8 Å². The van der Waals surface area contributed by atoms with Crippen LogP contribution in [0.1, 0.15) is 28.9 Å². The number of halogens is 5. The van der Waals surface area contributed by atoms with Gasteiger partial charge >= 0.3 is 6.18 Å². The Bertz CT molecular complexity index is 2680. The fourth-order valence-electron chi connectivity index (χ4n) is 7.19. The normalized spacial score (nSPS) is 18.5. The summed E-state index contributed by atoms with van der Waals surface area (Å²) in [6.07, 6.45) is 0.124. The Labute approximate surface area is 276 Å². The largest absolute Gasteiger partial charge is 0.417 e. The van der Waals surface area contributed by atoms with Crippen LogP contribution in [0.25, 0.3) is 77.6 Å². The van der Waals surface area contributed by atoms with Gasteiger partial charge in [-0.15, -0.1) is 0 Å². The molecule has 9 rings (SSSR count). The minimum atomic E-state index is -4.79. The maximum Gasteiger partial charge on any atom is 0.417 e. The lowest BCUT2D eigenvalue weighted by molar-refractivity contribution is -0.0892. The molecule has 9 heteroatoms. The molecule has 4 nitrogen and oxygen atoms in total. The summed E-state index contributed by atoms with van der Waals surface area (Å²) < 4.78 is 70.9. The SMILES string of the molecule is C=C1C(C(F)(F)F)=C/C=C2\C/C(=C\C=C/1F)c1nc3cc(C)c(-c4cc5nc6c(nc5cc4C)-c4ccc(F)c5cccc-6c45)cc3nc12. The van der Waals surface area contributed by atoms with Crippen molar-refractivity contribution in [2.24, 2.45) is 0 Å². The van der Waals surface area contributed by atoms with Gasteiger partial charge in [0.1, 0.15) is 11.6 Å². The van der Waals surface area contributed by atoms with Gasteiger partial charge in [0.05, 0.1) is 50.4 Å². The number of hydrogen-bond donors (Lipinski definition) is 0. The van der Waals surface area contributed by atoms with Crippen molar-refractivity contribution in [2.75, 3.05) is 0 Å². The molecule has 2 heterocycles. The Hall–Kier alpha value is -5.83. The summed E-state index contributed by atoms with van der Waals surface area (Å²) >= 11 is 0. The highest BCUT2D eigenvalue weighted by Gasteiger charge is 2.37. The molecule has 0 fully saturated rings. The Morgan fingerprint density at radius 1 is 0.612 bits per heavy atom. The summed E-state index contributed by atoms with van der Waals surface area (Å²) in [5, 5.41) is 1.35. The highest BCUT2D eigenvalue weighted by Crippen LogP contribution is 2.47. The van der Waals surface area contributed by atoms with E-state index in [1.54, 1.807) is 12.1 Å². The average molecular weight is 655 g/mol. The third-order valence-corrected chi connectivity index (χ3v) is 9.60. The Morgan fingerprint density at radius 2 is 1.14 bits per heavy atom. The van der Waals surface area contributed by atoms with Gasteiger partial charge in [-0.25, -0.2) is 28.7 Å². The summed E-state index contributed by atoms with van der Waals surface area (Å²) in [7, 11) is 0. The molecule has 0 saturated heterocycles. The van der Waals surface area contributed by atoms with E-state index in [1.165, 1.54) is 18.2 Å². The van der Waals surface area contributed by atoms with Gasteiger partial charge in [0.25, 0.3) is 0 Å². The Balaban J connectivity index is 1.20. The van der Waals surface area contributed by atoms with Crippen LogP contribution in [0.4, 0.5) is 22.0 Å². The van der Waals surface area contributed by atoms with Crippen LogP contribution in [0, 0.1) is 19.7 Å². The monoisotopic (exact) mass is 654 g/mol. The zero-order valence-corrected chi connectivity index (χ0v) is 26.1. The van der Waals surface area contributed by atoms with Crippen molar-refractivity contribution < 1.29 is 22.0 Å². The van der Waals surface area contributed by atoms with E-state index in [4.69, 9.17) is 19.9 Å². The van der Waals surface area contributed by atoms with Crippen molar-refractivity contribution in [3.63, 3.8) is 0 Å².